The Labute approximate surface area is 263 Å². The summed E-state index contributed by atoms with van der Waals surface area (Å²) in [6.45, 7) is 9.50. The lowest BCUT2D eigenvalue weighted by Crippen LogP contribution is -2.55. The van der Waals surface area contributed by atoms with Gasteiger partial charge < -0.3 is 24.4 Å². The summed E-state index contributed by atoms with van der Waals surface area (Å²) >= 11 is 0. The number of carbonyl (C=O) groups excluding carboxylic acids is 1. The molecule has 11 heteroatoms. The number of aromatic nitrogens is 2. The van der Waals surface area contributed by atoms with Gasteiger partial charge in [0.1, 0.15) is 28.9 Å². The molecule has 3 aromatic carbocycles. The van der Waals surface area contributed by atoms with Crippen LogP contribution < -0.4 is 29.3 Å². The molecule has 2 heterocycles. The quantitative estimate of drug-likeness (QED) is 0.229. The number of benzene rings is 3. The zero-order valence-electron chi connectivity index (χ0n) is 26.7. The molecule has 236 valence electrons. The highest BCUT2D eigenvalue weighted by molar-refractivity contribution is 5.98. The van der Waals surface area contributed by atoms with E-state index in [1.54, 1.807) is 43.5 Å². The van der Waals surface area contributed by atoms with E-state index >= 15 is 4.39 Å². The van der Waals surface area contributed by atoms with Gasteiger partial charge in [-0.1, -0.05) is 18.2 Å². The van der Waals surface area contributed by atoms with Gasteiger partial charge in [0.15, 0.2) is 0 Å². The second-order valence-corrected chi connectivity index (χ2v) is 11.3. The maximum Gasteiger partial charge on any atom is 0.425 e. The van der Waals surface area contributed by atoms with E-state index in [1.165, 1.54) is 24.3 Å². The monoisotopic (exact) mass is 614 g/mol. The van der Waals surface area contributed by atoms with Gasteiger partial charge >= 0.3 is 6.09 Å². The highest BCUT2D eigenvalue weighted by atomic mass is 19.1. The first-order valence-electron chi connectivity index (χ1n) is 14.8. The summed E-state index contributed by atoms with van der Waals surface area (Å²) in [7, 11) is 5.15. The number of hydrogen-bond acceptors (Lipinski definition) is 9. The molecule has 1 aromatic heterocycles. The third kappa shape index (κ3) is 6.78. The molecule has 0 bridgehead atoms. The maximum atomic E-state index is 15.4. The zero-order chi connectivity index (χ0) is 32.2. The summed E-state index contributed by atoms with van der Waals surface area (Å²) < 4.78 is 32.3. The minimum Gasteiger partial charge on any atom is -0.497 e. The third-order valence-corrected chi connectivity index (χ3v) is 8.18. The summed E-state index contributed by atoms with van der Waals surface area (Å²) in [6, 6.07) is 17.9. The first kappa shape index (κ1) is 31.5. The Morgan fingerprint density at radius 3 is 2.33 bits per heavy atom. The lowest BCUT2D eigenvalue weighted by molar-refractivity contribution is 0.169. The number of para-hydroxylation sites is 1. The van der Waals surface area contributed by atoms with Crippen LogP contribution in [-0.2, 0) is 0 Å². The fraction of sp³-hybridized carbons (Fsp3) is 0.324. The number of halogens is 1. The van der Waals surface area contributed by atoms with E-state index in [9.17, 15) is 4.79 Å². The molecule has 1 aliphatic rings. The van der Waals surface area contributed by atoms with Crippen LogP contribution in [0.4, 0.5) is 38.0 Å². The van der Waals surface area contributed by atoms with E-state index in [-0.39, 0.29) is 17.6 Å². The zero-order valence-corrected chi connectivity index (χ0v) is 26.7. The van der Waals surface area contributed by atoms with Gasteiger partial charge in [-0.3, -0.25) is 4.90 Å². The summed E-state index contributed by atoms with van der Waals surface area (Å²) in [4.78, 5) is 28.5. The number of rotatable bonds is 8. The van der Waals surface area contributed by atoms with Gasteiger partial charge in [-0.2, -0.15) is 4.98 Å². The number of nitrogens with zero attached hydrogens (tertiary/aromatic N) is 5. The van der Waals surface area contributed by atoms with Crippen LogP contribution in [0.15, 0.2) is 66.9 Å². The lowest BCUT2D eigenvalue weighted by Gasteiger charge is -2.43. The molecule has 2 unspecified atom stereocenters. The van der Waals surface area contributed by atoms with Crippen LogP contribution in [0.1, 0.15) is 25.0 Å². The predicted molar refractivity (Wildman–Crippen MR) is 174 cm³/mol. The fourth-order valence-corrected chi connectivity index (χ4v) is 5.48. The number of carbonyl (C=O) groups is 1. The average molecular weight is 615 g/mol. The number of likely N-dealkylation sites (N-methyl/N-ethyl adjacent to an activating group) is 1. The van der Waals surface area contributed by atoms with Gasteiger partial charge in [0.05, 0.1) is 25.6 Å². The van der Waals surface area contributed by atoms with Crippen molar-refractivity contribution in [1.82, 2.24) is 14.9 Å². The number of ether oxygens (including phenoxy) is 3. The SMILES string of the molecule is COc1ccc(N(C(=O)Oc2c(C)cccc2C)c2ccnc(Nc3ccc(N4CC(C)N(C)C(C)C4)c(F)c3)n2)c(OC)c1. The smallest absolute Gasteiger partial charge is 0.425 e. The largest absolute Gasteiger partial charge is 0.497 e. The summed E-state index contributed by atoms with van der Waals surface area (Å²) in [6.07, 6.45) is 0.809. The Bertz CT molecular complexity index is 1650. The number of nitrogens with one attached hydrogen (secondary N) is 1. The standard InChI is InChI=1S/C34H39FN6O4/c1-21-9-8-10-22(2)32(21)45-34(42)41(29-14-12-26(43-6)18-30(29)44-7)31-15-16-36-33(38-31)37-25-11-13-28(27(35)17-25)40-19-23(3)39(5)24(4)20-40/h8-18,23-24H,19-20H2,1-7H3,(H,36,37,38). The molecular weight excluding hydrogens is 575 g/mol. The van der Waals surface area contributed by atoms with Gasteiger partial charge in [-0.05, 0) is 76.2 Å². The van der Waals surface area contributed by atoms with Crippen LogP contribution in [0.25, 0.3) is 0 Å². The molecule has 0 saturated carbocycles. The van der Waals surface area contributed by atoms with E-state index in [2.05, 4.69) is 46.0 Å². The molecule has 45 heavy (non-hydrogen) atoms. The molecule has 1 aliphatic heterocycles. The van der Waals surface area contributed by atoms with Crippen molar-refractivity contribution in [2.75, 3.05) is 49.5 Å². The molecule has 2 atom stereocenters. The van der Waals surface area contributed by atoms with Crippen molar-refractivity contribution in [3.05, 3.63) is 83.8 Å². The Balaban J connectivity index is 1.46. The maximum absolute atomic E-state index is 15.4. The minimum atomic E-state index is -0.702. The number of anilines is 5. The van der Waals surface area contributed by atoms with E-state index in [0.717, 1.165) is 24.2 Å². The molecule has 1 fully saturated rings. The van der Waals surface area contributed by atoms with Gasteiger partial charge in [0.2, 0.25) is 5.95 Å². The van der Waals surface area contributed by atoms with Crippen molar-refractivity contribution in [1.29, 1.82) is 0 Å². The van der Waals surface area contributed by atoms with Crippen molar-refractivity contribution in [2.45, 2.75) is 39.8 Å². The Hall–Kier alpha value is -4.90. The molecule has 0 radical (unpaired) electrons. The first-order chi connectivity index (χ1) is 21.6. The van der Waals surface area contributed by atoms with E-state index in [1.807, 2.05) is 32.0 Å². The fourth-order valence-electron chi connectivity index (χ4n) is 5.48. The van der Waals surface area contributed by atoms with Crippen molar-refractivity contribution in [2.24, 2.45) is 0 Å². The number of hydrogen-bond donors (Lipinski definition) is 1. The van der Waals surface area contributed by atoms with Crippen molar-refractivity contribution >= 4 is 34.9 Å². The number of amides is 1. The minimum absolute atomic E-state index is 0.166. The van der Waals surface area contributed by atoms with Gasteiger partial charge in [-0.15, -0.1) is 0 Å². The van der Waals surface area contributed by atoms with Gasteiger partial charge in [-0.25, -0.2) is 19.1 Å². The molecule has 0 aliphatic carbocycles. The normalized spacial score (nSPS) is 16.7. The van der Waals surface area contributed by atoms with Crippen LogP contribution >= 0.6 is 0 Å². The highest BCUT2D eigenvalue weighted by Crippen LogP contribution is 2.37. The molecule has 1 saturated heterocycles. The molecule has 5 rings (SSSR count). The second-order valence-electron chi connectivity index (χ2n) is 11.3. The second kappa shape index (κ2) is 13.4. The lowest BCUT2D eigenvalue weighted by atomic mass is 10.1. The third-order valence-electron chi connectivity index (χ3n) is 8.18. The molecule has 1 N–H and O–H groups in total. The molecule has 10 nitrogen and oxygen atoms in total. The Morgan fingerprint density at radius 2 is 1.69 bits per heavy atom. The van der Waals surface area contributed by atoms with Crippen molar-refractivity contribution < 1.29 is 23.4 Å². The predicted octanol–water partition coefficient (Wildman–Crippen LogP) is 6.86. The van der Waals surface area contributed by atoms with Crippen molar-refractivity contribution in [3.8, 4) is 17.2 Å². The van der Waals surface area contributed by atoms with Crippen LogP contribution in [0.5, 0.6) is 17.2 Å². The van der Waals surface area contributed by atoms with E-state index in [4.69, 9.17) is 14.2 Å². The first-order valence-corrected chi connectivity index (χ1v) is 14.8. The molecule has 4 aromatic rings. The number of methoxy groups -OCH3 is 2. The van der Waals surface area contributed by atoms with Crippen LogP contribution in [-0.4, -0.2) is 67.4 Å². The summed E-state index contributed by atoms with van der Waals surface area (Å²) in [5.74, 6) is 1.40. The van der Waals surface area contributed by atoms with Crippen LogP contribution in [0.2, 0.25) is 0 Å². The van der Waals surface area contributed by atoms with E-state index < -0.39 is 6.09 Å². The number of piperazine rings is 1. The molecular formula is C34H39FN6O4. The topological polar surface area (TPSA) is 92.3 Å². The molecule has 1 amide bonds. The summed E-state index contributed by atoms with van der Waals surface area (Å²) in [5.41, 5.74) is 3.01. The van der Waals surface area contributed by atoms with Crippen molar-refractivity contribution in [3.63, 3.8) is 0 Å². The van der Waals surface area contributed by atoms with Crippen LogP contribution in [0, 0.1) is 19.7 Å². The Morgan fingerprint density at radius 1 is 0.978 bits per heavy atom. The average Bonchev–Trinajstić information content (AvgIpc) is 3.02. The van der Waals surface area contributed by atoms with Gasteiger partial charge in [0, 0.05) is 49.2 Å². The highest BCUT2D eigenvalue weighted by Gasteiger charge is 2.29. The van der Waals surface area contributed by atoms with Crippen LogP contribution in [0.3, 0.4) is 0 Å². The summed E-state index contributed by atoms with van der Waals surface area (Å²) in [5, 5.41) is 3.08. The number of aryl methyl sites for hydroxylation is 2. The van der Waals surface area contributed by atoms with Gasteiger partial charge in [0.25, 0.3) is 0 Å². The van der Waals surface area contributed by atoms with E-state index in [0.29, 0.717) is 46.4 Å². The Kier molecular flexibility index (Phi) is 9.38. The molecule has 0 spiro atoms.